The Morgan fingerprint density at radius 3 is 2.54 bits per heavy atom. The maximum atomic E-state index is 12.5. The summed E-state index contributed by atoms with van der Waals surface area (Å²) in [6.07, 6.45) is -1.09. The predicted octanol–water partition coefficient (Wildman–Crippen LogP) is 3.53. The topological polar surface area (TPSA) is 85.7 Å². The van der Waals surface area contributed by atoms with Crippen LogP contribution in [0.2, 0.25) is 0 Å². The van der Waals surface area contributed by atoms with E-state index in [1.807, 2.05) is 44.2 Å². The predicted molar refractivity (Wildman–Crippen MR) is 102 cm³/mol. The Morgan fingerprint density at radius 2 is 1.85 bits per heavy atom. The lowest BCUT2D eigenvalue weighted by Gasteiger charge is -2.21. The van der Waals surface area contributed by atoms with E-state index in [4.69, 9.17) is 14.9 Å². The van der Waals surface area contributed by atoms with Crippen molar-refractivity contribution in [1.29, 1.82) is 0 Å². The van der Waals surface area contributed by atoms with Gasteiger partial charge < -0.3 is 14.3 Å². The van der Waals surface area contributed by atoms with Crippen molar-refractivity contribution < 1.29 is 14.3 Å². The molecule has 0 spiro atoms. The lowest BCUT2D eigenvalue weighted by Crippen LogP contribution is -2.40. The summed E-state index contributed by atoms with van der Waals surface area (Å²) in [6, 6.07) is 15.9. The maximum absolute atomic E-state index is 12.5. The second kappa shape index (κ2) is 7.72. The van der Waals surface area contributed by atoms with Gasteiger partial charge in [0.05, 0.1) is 5.39 Å². The van der Waals surface area contributed by atoms with E-state index in [1.54, 1.807) is 18.2 Å². The smallest absolute Gasteiger partial charge is 0.193 e. The summed E-state index contributed by atoms with van der Waals surface area (Å²) >= 11 is 0. The quantitative estimate of drug-likeness (QED) is 0.662. The van der Waals surface area contributed by atoms with Crippen LogP contribution < -0.4 is 15.9 Å². The van der Waals surface area contributed by atoms with Crippen molar-refractivity contribution in [3.63, 3.8) is 0 Å². The number of aliphatic hydroxyl groups excluding tert-OH is 1. The third-order valence-electron chi connectivity index (χ3n) is 4.12. The summed E-state index contributed by atoms with van der Waals surface area (Å²) in [7, 11) is 0. The summed E-state index contributed by atoms with van der Waals surface area (Å²) in [5.74, 6) is 1.24. The zero-order valence-corrected chi connectivity index (χ0v) is 14.9. The van der Waals surface area contributed by atoms with E-state index in [0.29, 0.717) is 34.8 Å². The number of nitrogens with two attached hydrogens (primary N) is 1. The van der Waals surface area contributed by atoms with Crippen molar-refractivity contribution in [2.75, 3.05) is 0 Å². The van der Waals surface area contributed by atoms with E-state index in [0.717, 1.165) is 5.56 Å². The van der Waals surface area contributed by atoms with Crippen LogP contribution in [-0.2, 0) is 0 Å². The monoisotopic (exact) mass is 353 g/mol. The van der Waals surface area contributed by atoms with Crippen LogP contribution >= 0.6 is 0 Å². The number of fused-ring (bicyclic) bond motifs is 1. The van der Waals surface area contributed by atoms with Crippen molar-refractivity contribution in [2.45, 2.75) is 32.6 Å². The number of aliphatic hydroxyl groups is 1. The molecule has 0 amide bonds. The fourth-order valence-electron chi connectivity index (χ4n) is 2.81. The Balaban J connectivity index is 1.88. The molecule has 0 aliphatic carbocycles. The average molecular weight is 353 g/mol. The zero-order valence-electron chi connectivity index (χ0n) is 14.9. The van der Waals surface area contributed by atoms with Gasteiger partial charge in [-0.25, -0.2) is 0 Å². The van der Waals surface area contributed by atoms with Crippen LogP contribution in [-0.4, -0.2) is 17.4 Å². The molecule has 2 atom stereocenters. The van der Waals surface area contributed by atoms with Gasteiger partial charge in [-0.15, -0.1) is 0 Å². The summed E-state index contributed by atoms with van der Waals surface area (Å²) in [4.78, 5) is 12.5. The number of rotatable bonds is 6. The van der Waals surface area contributed by atoms with Gasteiger partial charge in [-0.1, -0.05) is 44.2 Å². The molecule has 5 heteroatoms. The van der Waals surface area contributed by atoms with E-state index >= 15 is 0 Å². The molecule has 3 N–H and O–H groups in total. The van der Waals surface area contributed by atoms with Crippen molar-refractivity contribution in [3.05, 3.63) is 64.8 Å². The number of hydrogen-bond donors (Lipinski definition) is 2. The molecule has 136 valence electrons. The standard InChI is InChI=1S/C21H23NO4/c1-13(2)10-18(24)21(22)25-15-8-9-19-16(11-15)17(23)12-20(26-19)14-6-4-3-5-7-14/h3-9,11-13,18,21,24H,10,22H2,1-2H3. The largest absolute Gasteiger partial charge is 0.473 e. The van der Waals surface area contributed by atoms with Crippen LogP contribution in [0, 0.1) is 5.92 Å². The van der Waals surface area contributed by atoms with E-state index < -0.39 is 12.3 Å². The van der Waals surface area contributed by atoms with E-state index in [2.05, 4.69) is 0 Å². The molecule has 0 fully saturated rings. The number of hydrogen-bond acceptors (Lipinski definition) is 5. The molecule has 2 unspecified atom stereocenters. The van der Waals surface area contributed by atoms with Gasteiger partial charge in [0, 0.05) is 11.6 Å². The Kier molecular flexibility index (Phi) is 5.40. The molecular formula is C21H23NO4. The van der Waals surface area contributed by atoms with Crippen LogP contribution in [0.3, 0.4) is 0 Å². The molecule has 0 aliphatic rings. The molecular weight excluding hydrogens is 330 g/mol. The van der Waals surface area contributed by atoms with E-state index in [-0.39, 0.29) is 5.43 Å². The Hall–Kier alpha value is -2.63. The molecule has 2 aromatic carbocycles. The molecule has 0 bridgehead atoms. The van der Waals surface area contributed by atoms with Crippen LogP contribution in [0.1, 0.15) is 20.3 Å². The van der Waals surface area contributed by atoms with Gasteiger partial charge in [-0.05, 0) is 30.5 Å². The molecule has 1 aromatic heterocycles. The molecule has 26 heavy (non-hydrogen) atoms. The second-order valence-corrected chi connectivity index (χ2v) is 6.78. The SMILES string of the molecule is CC(C)CC(O)C(N)Oc1ccc2oc(-c3ccccc3)cc(=O)c2c1. The highest BCUT2D eigenvalue weighted by Crippen LogP contribution is 2.25. The minimum Gasteiger partial charge on any atom is -0.473 e. The Bertz CT molecular complexity index is 934. The molecule has 0 saturated carbocycles. The molecule has 3 aromatic rings. The fraction of sp³-hybridized carbons (Fsp3) is 0.286. The lowest BCUT2D eigenvalue weighted by molar-refractivity contribution is 0.0269. The van der Waals surface area contributed by atoms with Gasteiger partial charge in [0.25, 0.3) is 0 Å². The highest BCUT2D eigenvalue weighted by molar-refractivity contribution is 5.80. The molecule has 0 saturated heterocycles. The van der Waals surface area contributed by atoms with Crippen molar-refractivity contribution in [1.82, 2.24) is 0 Å². The first-order chi connectivity index (χ1) is 12.4. The first-order valence-electron chi connectivity index (χ1n) is 8.67. The minimum absolute atomic E-state index is 0.160. The summed E-state index contributed by atoms with van der Waals surface area (Å²) < 4.78 is 11.5. The Morgan fingerprint density at radius 1 is 1.12 bits per heavy atom. The summed E-state index contributed by atoms with van der Waals surface area (Å²) in [6.45, 7) is 4.00. The second-order valence-electron chi connectivity index (χ2n) is 6.78. The Labute approximate surface area is 152 Å². The van der Waals surface area contributed by atoms with Crippen LogP contribution in [0.4, 0.5) is 0 Å². The zero-order chi connectivity index (χ0) is 18.7. The lowest BCUT2D eigenvalue weighted by atomic mass is 10.1. The summed E-state index contributed by atoms with van der Waals surface area (Å²) in [5, 5.41) is 10.5. The third-order valence-corrected chi connectivity index (χ3v) is 4.12. The highest BCUT2D eigenvalue weighted by atomic mass is 16.5. The minimum atomic E-state index is -0.856. The van der Waals surface area contributed by atoms with Gasteiger partial charge in [0.2, 0.25) is 0 Å². The first-order valence-corrected chi connectivity index (χ1v) is 8.67. The van der Waals surface area contributed by atoms with Crippen molar-refractivity contribution >= 4 is 11.0 Å². The normalized spacial score (nSPS) is 13.7. The molecule has 0 radical (unpaired) electrons. The van der Waals surface area contributed by atoms with Gasteiger partial charge in [0.1, 0.15) is 23.2 Å². The van der Waals surface area contributed by atoms with Gasteiger partial charge in [-0.2, -0.15) is 0 Å². The molecule has 3 rings (SSSR count). The molecule has 5 nitrogen and oxygen atoms in total. The van der Waals surface area contributed by atoms with Crippen molar-refractivity contribution in [3.8, 4) is 17.1 Å². The third kappa shape index (κ3) is 4.12. The average Bonchev–Trinajstić information content (AvgIpc) is 2.62. The number of benzene rings is 2. The van der Waals surface area contributed by atoms with Crippen LogP contribution in [0.5, 0.6) is 5.75 Å². The van der Waals surface area contributed by atoms with Gasteiger partial charge in [0.15, 0.2) is 11.7 Å². The molecule has 0 aliphatic heterocycles. The van der Waals surface area contributed by atoms with Gasteiger partial charge >= 0.3 is 0 Å². The first kappa shape index (κ1) is 18.2. The maximum Gasteiger partial charge on any atom is 0.193 e. The van der Waals surface area contributed by atoms with Crippen LogP contribution in [0.15, 0.2) is 63.8 Å². The molecule has 1 heterocycles. The van der Waals surface area contributed by atoms with E-state index in [1.165, 1.54) is 6.07 Å². The van der Waals surface area contributed by atoms with Crippen LogP contribution in [0.25, 0.3) is 22.3 Å². The van der Waals surface area contributed by atoms with E-state index in [9.17, 15) is 9.90 Å². The van der Waals surface area contributed by atoms with Crippen molar-refractivity contribution in [2.24, 2.45) is 11.7 Å². The summed E-state index contributed by atoms with van der Waals surface area (Å²) in [5.41, 5.74) is 7.06. The fourth-order valence-corrected chi connectivity index (χ4v) is 2.81. The highest BCUT2D eigenvalue weighted by Gasteiger charge is 2.18. The number of ether oxygens (including phenoxy) is 1. The van der Waals surface area contributed by atoms with Gasteiger partial charge in [-0.3, -0.25) is 10.5 Å².